The highest BCUT2D eigenvalue weighted by atomic mass is 79.9. The van der Waals surface area contributed by atoms with Crippen LogP contribution in [-0.2, 0) is 10.0 Å². The molecule has 0 bridgehead atoms. The Kier molecular flexibility index (Phi) is 4.01. The van der Waals surface area contributed by atoms with Gasteiger partial charge in [0.25, 0.3) is 10.0 Å². The number of nitrogens with two attached hydrogens (primary N) is 1. The van der Waals surface area contributed by atoms with Crippen LogP contribution in [0.15, 0.2) is 45.8 Å². The molecule has 0 saturated carbocycles. The van der Waals surface area contributed by atoms with E-state index in [0.29, 0.717) is 5.69 Å². The van der Waals surface area contributed by atoms with Gasteiger partial charge in [-0.3, -0.25) is 4.72 Å². The summed E-state index contributed by atoms with van der Waals surface area (Å²) in [6, 6.07) is 8.34. The molecule has 0 radical (unpaired) electrons. The van der Waals surface area contributed by atoms with Gasteiger partial charge in [-0.15, -0.1) is 0 Å². The first-order chi connectivity index (χ1) is 9.31. The van der Waals surface area contributed by atoms with E-state index >= 15 is 0 Å². The fourth-order valence-electron chi connectivity index (χ4n) is 1.66. The molecule has 0 aliphatic rings. The van der Waals surface area contributed by atoms with Gasteiger partial charge < -0.3 is 5.73 Å². The van der Waals surface area contributed by atoms with E-state index in [2.05, 4.69) is 20.7 Å². The van der Waals surface area contributed by atoms with E-state index in [0.717, 1.165) is 22.2 Å². The van der Waals surface area contributed by atoms with Crippen LogP contribution in [-0.4, -0.2) is 8.42 Å². The average Bonchev–Trinajstić information content (AvgIpc) is 2.37. The van der Waals surface area contributed by atoms with Crippen molar-refractivity contribution in [2.24, 2.45) is 0 Å². The second-order valence-corrected chi connectivity index (χ2v) is 6.71. The van der Waals surface area contributed by atoms with E-state index in [1.165, 1.54) is 6.07 Å². The van der Waals surface area contributed by atoms with Gasteiger partial charge in [0.15, 0.2) is 0 Å². The first-order valence-corrected chi connectivity index (χ1v) is 7.92. The number of hydrogen-bond acceptors (Lipinski definition) is 3. The van der Waals surface area contributed by atoms with Crippen molar-refractivity contribution in [3.63, 3.8) is 0 Å². The molecule has 2 aromatic carbocycles. The van der Waals surface area contributed by atoms with Gasteiger partial charge in [-0.25, -0.2) is 12.8 Å². The second kappa shape index (κ2) is 5.41. The van der Waals surface area contributed by atoms with Gasteiger partial charge in [-0.05, 0) is 42.8 Å². The largest absolute Gasteiger partial charge is 0.398 e. The molecule has 0 heterocycles. The highest BCUT2D eigenvalue weighted by Crippen LogP contribution is 2.27. The first-order valence-electron chi connectivity index (χ1n) is 5.64. The van der Waals surface area contributed by atoms with Crippen molar-refractivity contribution < 1.29 is 12.8 Å². The normalized spacial score (nSPS) is 11.3. The summed E-state index contributed by atoms with van der Waals surface area (Å²) in [5, 5.41) is 0. The lowest BCUT2D eigenvalue weighted by atomic mass is 10.2. The standard InChI is InChI=1S/C13H12BrFN2O2S/c1-8-10(14)3-2-4-12(8)17-20(18,19)13-7-9(15)5-6-11(13)16/h2-7,17H,16H2,1H3. The van der Waals surface area contributed by atoms with Crippen molar-refractivity contribution in [3.05, 3.63) is 52.3 Å². The smallest absolute Gasteiger partial charge is 0.264 e. The topological polar surface area (TPSA) is 72.2 Å². The van der Waals surface area contributed by atoms with Crippen molar-refractivity contribution in [1.82, 2.24) is 0 Å². The fourth-order valence-corrected chi connectivity index (χ4v) is 3.29. The number of nitrogens with one attached hydrogen (secondary N) is 1. The summed E-state index contributed by atoms with van der Waals surface area (Å²) in [6.45, 7) is 1.76. The summed E-state index contributed by atoms with van der Waals surface area (Å²) in [5.41, 5.74) is 6.73. The molecule has 106 valence electrons. The lowest BCUT2D eigenvalue weighted by Crippen LogP contribution is -2.15. The molecule has 0 unspecified atom stereocenters. The Balaban J connectivity index is 2.46. The van der Waals surface area contributed by atoms with E-state index in [9.17, 15) is 12.8 Å². The molecule has 0 aliphatic heterocycles. The van der Waals surface area contributed by atoms with Crippen molar-refractivity contribution in [2.45, 2.75) is 11.8 Å². The van der Waals surface area contributed by atoms with Crippen molar-refractivity contribution in [2.75, 3.05) is 10.5 Å². The maximum Gasteiger partial charge on any atom is 0.264 e. The van der Waals surface area contributed by atoms with Gasteiger partial charge >= 0.3 is 0 Å². The Bertz CT molecular complexity index is 763. The minimum absolute atomic E-state index is 0.00782. The Morgan fingerprint density at radius 3 is 2.65 bits per heavy atom. The van der Waals surface area contributed by atoms with Crippen molar-refractivity contribution in [3.8, 4) is 0 Å². The van der Waals surface area contributed by atoms with Gasteiger partial charge in [0, 0.05) is 4.47 Å². The zero-order valence-electron chi connectivity index (χ0n) is 10.5. The number of hydrogen-bond donors (Lipinski definition) is 2. The van der Waals surface area contributed by atoms with Gasteiger partial charge in [-0.2, -0.15) is 0 Å². The zero-order chi connectivity index (χ0) is 14.9. The predicted octanol–water partition coefficient (Wildman–Crippen LogP) is 3.28. The molecule has 0 aromatic heterocycles. The van der Waals surface area contributed by atoms with Crippen LogP contribution in [0.5, 0.6) is 0 Å². The van der Waals surface area contributed by atoms with Crippen LogP contribution in [0.4, 0.5) is 15.8 Å². The third-order valence-electron chi connectivity index (χ3n) is 2.78. The van der Waals surface area contributed by atoms with Crippen LogP contribution < -0.4 is 10.5 Å². The Hall–Kier alpha value is -1.60. The summed E-state index contributed by atoms with van der Waals surface area (Å²) >= 11 is 3.32. The molecule has 2 rings (SSSR count). The number of anilines is 2. The van der Waals surface area contributed by atoms with E-state index in [1.54, 1.807) is 25.1 Å². The molecular formula is C13H12BrFN2O2S. The SMILES string of the molecule is Cc1c(Br)cccc1NS(=O)(=O)c1cc(F)ccc1N. The Morgan fingerprint density at radius 1 is 1.25 bits per heavy atom. The molecular weight excluding hydrogens is 347 g/mol. The molecule has 3 N–H and O–H groups in total. The Morgan fingerprint density at radius 2 is 1.95 bits per heavy atom. The zero-order valence-corrected chi connectivity index (χ0v) is 12.9. The highest BCUT2D eigenvalue weighted by Gasteiger charge is 2.19. The van der Waals surface area contributed by atoms with Crippen molar-refractivity contribution >= 4 is 37.3 Å². The average molecular weight is 359 g/mol. The van der Waals surface area contributed by atoms with Gasteiger partial charge in [-0.1, -0.05) is 22.0 Å². The molecule has 7 heteroatoms. The summed E-state index contributed by atoms with van der Waals surface area (Å²) in [7, 11) is -3.94. The second-order valence-electron chi connectivity index (χ2n) is 4.20. The number of nitrogen functional groups attached to an aromatic ring is 1. The third-order valence-corrected chi connectivity index (χ3v) is 5.06. The van der Waals surface area contributed by atoms with E-state index < -0.39 is 15.8 Å². The van der Waals surface area contributed by atoms with Crippen LogP contribution in [0, 0.1) is 12.7 Å². The lowest BCUT2D eigenvalue weighted by Gasteiger charge is -2.13. The Labute approximate surface area is 125 Å². The van der Waals surface area contributed by atoms with Crippen LogP contribution in [0.1, 0.15) is 5.56 Å². The molecule has 2 aromatic rings. The summed E-state index contributed by atoms with van der Waals surface area (Å²) < 4.78 is 40.9. The van der Waals surface area contributed by atoms with Gasteiger partial charge in [0.1, 0.15) is 10.7 Å². The fraction of sp³-hybridized carbons (Fsp3) is 0.0769. The first kappa shape index (κ1) is 14.8. The molecule has 20 heavy (non-hydrogen) atoms. The number of halogens is 2. The lowest BCUT2D eigenvalue weighted by molar-refractivity contribution is 0.596. The maximum absolute atomic E-state index is 13.2. The van der Waals surface area contributed by atoms with Gasteiger partial charge in [0.05, 0.1) is 11.4 Å². The third kappa shape index (κ3) is 2.94. The summed E-state index contributed by atoms with van der Waals surface area (Å²) in [6.07, 6.45) is 0. The minimum Gasteiger partial charge on any atom is -0.398 e. The molecule has 0 aliphatic carbocycles. The van der Waals surface area contributed by atoms with Crippen molar-refractivity contribution in [1.29, 1.82) is 0 Å². The van der Waals surface area contributed by atoms with Gasteiger partial charge in [0.2, 0.25) is 0 Å². The highest BCUT2D eigenvalue weighted by molar-refractivity contribution is 9.10. The summed E-state index contributed by atoms with van der Waals surface area (Å²) in [4.78, 5) is -0.281. The number of sulfonamides is 1. The van der Waals surface area contributed by atoms with E-state index in [4.69, 9.17) is 5.73 Å². The van der Waals surface area contributed by atoms with Crippen LogP contribution in [0.2, 0.25) is 0 Å². The molecule has 0 spiro atoms. The minimum atomic E-state index is -3.94. The van der Waals surface area contributed by atoms with Crippen LogP contribution >= 0.6 is 15.9 Å². The van der Waals surface area contributed by atoms with E-state index in [1.807, 2.05) is 0 Å². The number of benzene rings is 2. The van der Waals surface area contributed by atoms with E-state index in [-0.39, 0.29) is 10.6 Å². The maximum atomic E-state index is 13.2. The molecule has 0 fully saturated rings. The predicted molar refractivity (Wildman–Crippen MR) is 80.5 cm³/mol. The monoisotopic (exact) mass is 358 g/mol. The van der Waals surface area contributed by atoms with Crippen LogP contribution in [0.25, 0.3) is 0 Å². The molecule has 0 atom stereocenters. The molecule has 4 nitrogen and oxygen atoms in total. The molecule has 0 amide bonds. The summed E-state index contributed by atoms with van der Waals surface area (Å²) in [5.74, 6) is -0.662. The molecule has 0 saturated heterocycles. The van der Waals surface area contributed by atoms with Crippen LogP contribution in [0.3, 0.4) is 0 Å². The quantitative estimate of drug-likeness (QED) is 0.827. The number of rotatable bonds is 3.